The van der Waals surface area contributed by atoms with Gasteiger partial charge >= 0.3 is 0 Å². The van der Waals surface area contributed by atoms with E-state index in [0.717, 1.165) is 13.0 Å². The van der Waals surface area contributed by atoms with Crippen molar-refractivity contribution in [3.8, 4) is 0 Å². The highest BCUT2D eigenvalue weighted by Crippen LogP contribution is 2.35. The normalized spacial score (nSPS) is 12.9. The smallest absolute Gasteiger partial charge is 0.0776 e. The molecule has 0 spiro atoms. The average molecular weight is 330 g/mol. The second kappa shape index (κ2) is 6.14. The summed E-state index contributed by atoms with van der Waals surface area (Å²) in [6, 6.07) is 6.89. The molecule has 0 radical (unpaired) electrons. The van der Waals surface area contributed by atoms with Crippen LogP contribution in [0, 0.1) is 6.92 Å². The fourth-order valence-electron chi connectivity index (χ4n) is 1.73. The number of hydrogen-bond donors (Lipinski definition) is 1. The van der Waals surface area contributed by atoms with Gasteiger partial charge in [0.05, 0.1) is 6.04 Å². The van der Waals surface area contributed by atoms with E-state index < -0.39 is 0 Å². The monoisotopic (exact) mass is 329 g/mol. The Hall–Kier alpha value is -0.160. The molecular weight excluding hydrogens is 314 g/mol. The van der Waals surface area contributed by atoms with Crippen LogP contribution < -0.4 is 5.32 Å². The molecule has 92 valence electrons. The molecule has 1 atom stereocenters. The summed E-state index contributed by atoms with van der Waals surface area (Å²) in [6.07, 6.45) is 1.16. The van der Waals surface area contributed by atoms with E-state index in [2.05, 4.69) is 58.7 Å². The summed E-state index contributed by atoms with van der Waals surface area (Å²) in [5.41, 5.74) is 0. The summed E-state index contributed by atoms with van der Waals surface area (Å²) < 4.78 is 1.21. The van der Waals surface area contributed by atoms with Crippen LogP contribution in [0.4, 0.5) is 0 Å². The molecule has 1 nitrogen and oxygen atoms in total. The summed E-state index contributed by atoms with van der Waals surface area (Å²) in [4.78, 5) is 4.15. The second-order valence-electron chi connectivity index (χ2n) is 3.97. The summed E-state index contributed by atoms with van der Waals surface area (Å²) in [6.45, 7) is 5.41. The molecule has 2 aromatic rings. The van der Waals surface area contributed by atoms with Gasteiger partial charge in [-0.1, -0.05) is 6.92 Å². The van der Waals surface area contributed by atoms with Gasteiger partial charge in [0, 0.05) is 19.1 Å². The highest BCUT2D eigenvalue weighted by atomic mass is 79.9. The van der Waals surface area contributed by atoms with Gasteiger partial charge in [-0.15, -0.1) is 22.7 Å². The Morgan fingerprint density at radius 3 is 2.71 bits per heavy atom. The third-order valence-electron chi connectivity index (χ3n) is 2.55. The fraction of sp³-hybridized carbons (Fsp3) is 0.385. The third kappa shape index (κ3) is 3.19. The molecule has 0 fully saturated rings. The van der Waals surface area contributed by atoms with Gasteiger partial charge in [-0.3, -0.25) is 0 Å². The van der Waals surface area contributed by atoms with Gasteiger partial charge in [-0.25, -0.2) is 0 Å². The van der Waals surface area contributed by atoms with Gasteiger partial charge in [0.1, 0.15) is 0 Å². The first-order valence-corrected chi connectivity index (χ1v) is 8.24. The van der Waals surface area contributed by atoms with Crippen molar-refractivity contribution in [3.05, 3.63) is 42.7 Å². The van der Waals surface area contributed by atoms with Crippen LogP contribution >= 0.6 is 38.6 Å². The average Bonchev–Trinajstić information content (AvgIpc) is 2.90. The highest BCUT2D eigenvalue weighted by Gasteiger charge is 2.18. The molecule has 17 heavy (non-hydrogen) atoms. The van der Waals surface area contributed by atoms with Gasteiger partial charge in [0.2, 0.25) is 0 Å². The molecule has 1 N–H and O–H groups in total. The lowest BCUT2D eigenvalue weighted by molar-refractivity contribution is 0.612. The first-order valence-electron chi connectivity index (χ1n) is 5.75. The van der Waals surface area contributed by atoms with Gasteiger partial charge in [-0.2, -0.15) is 0 Å². The SMILES string of the molecule is CCCNC(c1ccc(C)s1)c1sccc1Br. The minimum atomic E-state index is 0.336. The molecule has 0 aliphatic rings. The quantitative estimate of drug-likeness (QED) is 0.816. The van der Waals surface area contributed by atoms with E-state index in [1.54, 1.807) is 0 Å². The summed E-state index contributed by atoms with van der Waals surface area (Å²) >= 11 is 7.32. The van der Waals surface area contributed by atoms with Crippen molar-refractivity contribution in [3.63, 3.8) is 0 Å². The van der Waals surface area contributed by atoms with Crippen molar-refractivity contribution >= 4 is 38.6 Å². The number of nitrogens with one attached hydrogen (secondary N) is 1. The molecule has 0 aliphatic carbocycles. The fourth-order valence-corrected chi connectivity index (χ4v) is 4.46. The van der Waals surface area contributed by atoms with Gasteiger partial charge in [0.15, 0.2) is 0 Å². The van der Waals surface area contributed by atoms with E-state index >= 15 is 0 Å². The predicted molar refractivity (Wildman–Crippen MR) is 81.2 cm³/mol. The third-order valence-corrected chi connectivity index (χ3v) is 5.55. The van der Waals surface area contributed by atoms with E-state index in [9.17, 15) is 0 Å². The Balaban J connectivity index is 2.28. The molecule has 0 aliphatic heterocycles. The number of thiophene rings is 2. The van der Waals surface area contributed by atoms with Crippen molar-refractivity contribution < 1.29 is 0 Å². The van der Waals surface area contributed by atoms with Crippen LogP contribution in [0.15, 0.2) is 28.1 Å². The zero-order valence-corrected chi connectivity index (χ0v) is 13.2. The van der Waals surface area contributed by atoms with Crippen LogP contribution in [-0.4, -0.2) is 6.54 Å². The molecule has 0 saturated heterocycles. The van der Waals surface area contributed by atoms with Crippen LogP contribution in [0.5, 0.6) is 0 Å². The van der Waals surface area contributed by atoms with Gasteiger partial charge in [-0.05, 0) is 59.4 Å². The molecule has 2 rings (SSSR count). The summed E-state index contributed by atoms with van der Waals surface area (Å²) in [5.74, 6) is 0. The van der Waals surface area contributed by atoms with Gasteiger partial charge < -0.3 is 5.32 Å². The van der Waals surface area contributed by atoms with Crippen LogP contribution in [0.1, 0.15) is 34.0 Å². The maximum Gasteiger partial charge on any atom is 0.0776 e. The Bertz CT molecular complexity index is 475. The number of rotatable bonds is 5. The summed E-state index contributed by atoms with van der Waals surface area (Å²) in [5, 5.41) is 5.77. The standard InChI is InChI=1S/C13H16BrNS2/c1-3-7-15-12(11-5-4-9(2)17-11)13-10(14)6-8-16-13/h4-6,8,12,15H,3,7H2,1-2H3. The molecular formula is C13H16BrNS2. The van der Waals surface area contributed by atoms with E-state index in [1.807, 2.05) is 22.7 Å². The van der Waals surface area contributed by atoms with Crippen molar-refractivity contribution in [2.75, 3.05) is 6.54 Å². The number of aryl methyl sites for hydroxylation is 1. The topological polar surface area (TPSA) is 12.0 Å². The lowest BCUT2D eigenvalue weighted by Gasteiger charge is -2.16. The molecule has 0 aromatic carbocycles. The van der Waals surface area contributed by atoms with Crippen LogP contribution in [0.3, 0.4) is 0 Å². The first-order chi connectivity index (χ1) is 8.22. The van der Waals surface area contributed by atoms with Crippen LogP contribution in [0.2, 0.25) is 0 Å². The Morgan fingerprint density at radius 1 is 1.35 bits per heavy atom. The van der Waals surface area contributed by atoms with E-state index in [1.165, 1.54) is 19.1 Å². The molecule has 2 aromatic heterocycles. The Labute approximate surface area is 119 Å². The van der Waals surface area contributed by atoms with Crippen molar-refractivity contribution in [2.45, 2.75) is 26.3 Å². The van der Waals surface area contributed by atoms with E-state index in [-0.39, 0.29) is 0 Å². The largest absolute Gasteiger partial charge is 0.305 e. The van der Waals surface area contributed by atoms with Crippen molar-refractivity contribution in [1.29, 1.82) is 0 Å². The molecule has 0 saturated carbocycles. The zero-order valence-electron chi connectivity index (χ0n) is 10.00. The molecule has 1 unspecified atom stereocenters. The predicted octanol–water partition coefficient (Wildman–Crippen LogP) is 4.97. The highest BCUT2D eigenvalue weighted by molar-refractivity contribution is 9.10. The van der Waals surface area contributed by atoms with E-state index in [4.69, 9.17) is 0 Å². The van der Waals surface area contributed by atoms with Gasteiger partial charge in [0.25, 0.3) is 0 Å². The molecule has 2 heterocycles. The van der Waals surface area contributed by atoms with Crippen LogP contribution in [-0.2, 0) is 0 Å². The minimum Gasteiger partial charge on any atom is -0.305 e. The van der Waals surface area contributed by atoms with E-state index in [0.29, 0.717) is 6.04 Å². The summed E-state index contributed by atoms with van der Waals surface area (Å²) in [7, 11) is 0. The first kappa shape index (κ1) is 13.3. The molecule has 0 amide bonds. The second-order valence-corrected chi connectivity index (χ2v) is 7.09. The van der Waals surface area contributed by atoms with Crippen molar-refractivity contribution in [1.82, 2.24) is 5.32 Å². The molecule has 4 heteroatoms. The van der Waals surface area contributed by atoms with Crippen LogP contribution in [0.25, 0.3) is 0 Å². The lowest BCUT2D eigenvalue weighted by Crippen LogP contribution is -2.21. The maximum atomic E-state index is 3.64. The number of halogens is 1. The molecule has 0 bridgehead atoms. The van der Waals surface area contributed by atoms with Crippen molar-refractivity contribution in [2.24, 2.45) is 0 Å². The zero-order chi connectivity index (χ0) is 12.3. The number of hydrogen-bond acceptors (Lipinski definition) is 3. The lowest BCUT2D eigenvalue weighted by atomic mass is 10.2. The maximum absolute atomic E-state index is 3.64. The Morgan fingerprint density at radius 2 is 2.18 bits per heavy atom. The Kier molecular flexibility index (Phi) is 4.79. The minimum absolute atomic E-state index is 0.336.